The lowest BCUT2D eigenvalue weighted by Crippen LogP contribution is -1.90. The second kappa shape index (κ2) is 9.61. The molecule has 0 aliphatic carbocycles. The summed E-state index contributed by atoms with van der Waals surface area (Å²) < 4.78 is 22.2. The van der Waals surface area contributed by atoms with Crippen LogP contribution in [0.3, 0.4) is 0 Å². The van der Waals surface area contributed by atoms with Crippen LogP contribution in [-0.2, 0) is 13.4 Å². The fourth-order valence-electron chi connectivity index (χ4n) is 2.95. The Morgan fingerprint density at radius 2 is 1.07 bits per heavy atom. The minimum absolute atomic E-state index is 1.27. The predicted octanol–water partition coefficient (Wildman–Crippen LogP) is 4.83. The standard InChI is InChI=1S/C20H18.H4O7P2/c1-15-9-8-10-16(2)20(15)19-14-7-6-13-18(19)17-11-4-3-5-12-17;1-8(2,3)7-9(4,5)6/h3-14H,1-2H3;(H2,1,2,3)(H2,4,5,6). The van der Waals surface area contributed by atoms with Gasteiger partial charge in [0.05, 0.1) is 0 Å². The van der Waals surface area contributed by atoms with E-state index in [0.29, 0.717) is 0 Å². The maximum atomic E-state index is 9.63. The monoisotopic (exact) mass is 436 g/mol. The van der Waals surface area contributed by atoms with Crippen molar-refractivity contribution in [1.29, 1.82) is 0 Å². The summed E-state index contributed by atoms with van der Waals surface area (Å²) in [5.74, 6) is 0. The highest BCUT2D eigenvalue weighted by Crippen LogP contribution is 2.53. The van der Waals surface area contributed by atoms with E-state index in [0.717, 1.165) is 0 Å². The first-order chi connectivity index (χ1) is 13.5. The molecule has 4 N–H and O–H groups in total. The summed E-state index contributed by atoms with van der Waals surface area (Å²) in [6.45, 7) is 4.37. The minimum Gasteiger partial charge on any atom is -0.302 e. The van der Waals surface area contributed by atoms with Crippen molar-refractivity contribution in [2.45, 2.75) is 13.8 Å². The smallest absolute Gasteiger partial charge is 0.302 e. The van der Waals surface area contributed by atoms with Crippen LogP contribution in [0, 0.1) is 13.8 Å². The molecule has 0 heterocycles. The second-order valence-corrected chi connectivity index (χ2v) is 8.86. The number of benzene rings is 3. The number of hydrogen-bond donors (Lipinski definition) is 4. The van der Waals surface area contributed by atoms with Gasteiger partial charge in [-0.15, -0.1) is 0 Å². The third kappa shape index (κ3) is 7.35. The van der Waals surface area contributed by atoms with Crippen molar-refractivity contribution in [2.75, 3.05) is 0 Å². The zero-order valence-corrected chi connectivity index (χ0v) is 17.6. The molecule has 7 nitrogen and oxygen atoms in total. The fourth-order valence-corrected chi connectivity index (χ4v) is 4.06. The van der Waals surface area contributed by atoms with Gasteiger partial charge in [-0.25, -0.2) is 9.13 Å². The third-order valence-electron chi connectivity index (χ3n) is 3.98. The zero-order valence-electron chi connectivity index (χ0n) is 15.8. The van der Waals surface area contributed by atoms with Crippen LogP contribution in [0.2, 0.25) is 0 Å². The number of hydrogen-bond acceptors (Lipinski definition) is 3. The highest BCUT2D eigenvalue weighted by Gasteiger charge is 2.27. The van der Waals surface area contributed by atoms with Crippen LogP contribution in [0.5, 0.6) is 0 Å². The molecule has 3 aromatic rings. The maximum absolute atomic E-state index is 9.63. The number of aryl methyl sites for hydroxylation is 2. The average Bonchev–Trinajstić information content (AvgIpc) is 2.60. The molecule has 3 aromatic carbocycles. The lowest BCUT2D eigenvalue weighted by atomic mass is 9.89. The van der Waals surface area contributed by atoms with E-state index in [1.807, 2.05) is 0 Å². The van der Waals surface area contributed by atoms with Gasteiger partial charge in [-0.1, -0.05) is 72.8 Å². The van der Waals surface area contributed by atoms with Crippen molar-refractivity contribution in [3.05, 3.63) is 83.9 Å². The van der Waals surface area contributed by atoms with Crippen LogP contribution in [0.25, 0.3) is 22.3 Å². The van der Waals surface area contributed by atoms with Gasteiger partial charge in [0.2, 0.25) is 0 Å². The first-order valence-electron chi connectivity index (χ1n) is 8.51. The van der Waals surface area contributed by atoms with Crippen LogP contribution >= 0.6 is 15.6 Å². The van der Waals surface area contributed by atoms with Gasteiger partial charge in [0.25, 0.3) is 0 Å². The molecule has 0 unspecified atom stereocenters. The highest BCUT2D eigenvalue weighted by molar-refractivity contribution is 7.60. The van der Waals surface area contributed by atoms with E-state index in [-0.39, 0.29) is 0 Å². The molecule has 0 amide bonds. The van der Waals surface area contributed by atoms with E-state index in [1.54, 1.807) is 0 Å². The van der Waals surface area contributed by atoms with Crippen LogP contribution in [-0.4, -0.2) is 19.6 Å². The van der Waals surface area contributed by atoms with E-state index in [9.17, 15) is 9.13 Å². The summed E-state index contributed by atoms with van der Waals surface area (Å²) in [6, 6.07) is 25.7. The quantitative estimate of drug-likeness (QED) is 0.432. The molecule has 9 heteroatoms. The Balaban J connectivity index is 0.000000284. The summed E-state index contributed by atoms with van der Waals surface area (Å²) in [5, 5.41) is 0. The molecule has 0 bridgehead atoms. The van der Waals surface area contributed by atoms with Crippen molar-refractivity contribution < 1.29 is 33.0 Å². The van der Waals surface area contributed by atoms with Gasteiger partial charge in [0.1, 0.15) is 0 Å². The molecule has 0 spiro atoms. The molecule has 0 saturated carbocycles. The Morgan fingerprint density at radius 3 is 1.52 bits per heavy atom. The summed E-state index contributed by atoms with van der Waals surface area (Å²) in [6.07, 6.45) is 0. The molecule has 0 fully saturated rings. The molecule has 0 aromatic heterocycles. The van der Waals surface area contributed by atoms with Gasteiger partial charge in [0, 0.05) is 0 Å². The van der Waals surface area contributed by atoms with Crippen molar-refractivity contribution in [1.82, 2.24) is 0 Å². The molecular weight excluding hydrogens is 414 g/mol. The van der Waals surface area contributed by atoms with Crippen LogP contribution in [0.15, 0.2) is 72.8 Å². The Hall–Kier alpha value is -2.08. The maximum Gasteiger partial charge on any atom is 0.478 e. The average molecular weight is 436 g/mol. The predicted molar refractivity (Wildman–Crippen MR) is 112 cm³/mol. The van der Waals surface area contributed by atoms with Gasteiger partial charge in [0.15, 0.2) is 0 Å². The van der Waals surface area contributed by atoms with Crippen LogP contribution in [0.1, 0.15) is 11.1 Å². The number of phosphoric acid groups is 2. The third-order valence-corrected chi connectivity index (χ3v) is 5.68. The van der Waals surface area contributed by atoms with Crippen LogP contribution in [0.4, 0.5) is 0 Å². The van der Waals surface area contributed by atoms with Crippen LogP contribution < -0.4 is 0 Å². The largest absolute Gasteiger partial charge is 0.478 e. The normalized spacial score (nSPS) is 11.5. The summed E-state index contributed by atoms with van der Waals surface area (Å²) in [4.78, 5) is 31.0. The Morgan fingerprint density at radius 1 is 0.621 bits per heavy atom. The highest BCUT2D eigenvalue weighted by atomic mass is 31.3. The molecular formula is C20H22O7P2. The van der Waals surface area contributed by atoms with E-state index in [1.165, 1.54) is 33.4 Å². The zero-order chi connectivity index (χ0) is 21.7. The minimum atomic E-state index is -5.05. The van der Waals surface area contributed by atoms with Gasteiger partial charge in [-0.3, -0.25) is 0 Å². The summed E-state index contributed by atoms with van der Waals surface area (Å²) >= 11 is 0. The molecule has 0 radical (unpaired) electrons. The topological polar surface area (TPSA) is 124 Å². The van der Waals surface area contributed by atoms with E-state index >= 15 is 0 Å². The summed E-state index contributed by atoms with van der Waals surface area (Å²) in [7, 11) is -10.1. The molecule has 0 aliphatic heterocycles. The van der Waals surface area contributed by atoms with Gasteiger partial charge < -0.3 is 19.6 Å². The second-order valence-electron chi connectivity index (χ2n) is 6.24. The Labute approximate surface area is 169 Å². The van der Waals surface area contributed by atoms with Crippen molar-refractivity contribution in [2.24, 2.45) is 0 Å². The molecule has 3 rings (SSSR count). The summed E-state index contributed by atoms with van der Waals surface area (Å²) in [5.41, 5.74) is 7.89. The fraction of sp³-hybridized carbons (Fsp3) is 0.100. The molecule has 154 valence electrons. The first-order valence-corrected chi connectivity index (χ1v) is 11.6. The Kier molecular flexibility index (Phi) is 7.69. The number of rotatable bonds is 4. The van der Waals surface area contributed by atoms with Gasteiger partial charge >= 0.3 is 15.6 Å². The van der Waals surface area contributed by atoms with E-state index in [4.69, 9.17) is 19.6 Å². The van der Waals surface area contributed by atoms with Crippen molar-refractivity contribution >= 4 is 15.6 Å². The van der Waals surface area contributed by atoms with Crippen molar-refractivity contribution in [3.63, 3.8) is 0 Å². The molecule has 0 aliphatic rings. The van der Waals surface area contributed by atoms with Gasteiger partial charge in [-0.2, -0.15) is 4.31 Å². The van der Waals surface area contributed by atoms with E-state index < -0.39 is 15.6 Å². The molecule has 0 saturated heterocycles. The first kappa shape index (κ1) is 23.2. The lowest BCUT2D eigenvalue weighted by Gasteiger charge is -2.14. The lowest BCUT2D eigenvalue weighted by molar-refractivity contribution is 0.225. The van der Waals surface area contributed by atoms with Gasteiger partial charge in [-0.05, 0) is 47.2 Å². The molecule has 0 atom stereocenters. The Bertz CT molecular complexity index is 1020. The van der Waals surface area contributed by atoms with Crippen molar-refractivity contribution in [3.8, 4) is 22.3 Å². The van der Waals surface area contributed by atoms with E-state index in [2.05, 4.69) is 91.0 Å². The molecule has 29 heavy (non-hydrogen) atoms. The SMILES string of the molecule is Cc1cccc(C)c1-c1ccccc1-c1ccccc1.O=P(O)(O)OP(=O)(O)O.